The topological polar surface area (TPSA) is 22.1 Å². The number of aromatic nitrogens is 1. The summed E-state index contributed by atoms with van der Waals surface area (Å²) in [7, 11) is 0. The Bertz CT molecular complexity index is 330. The largest absolute Gasteiger partial charge is 0.573 e. The van der Waals surface area contributed by atoms with Gasteiger partial charge in [-0.2, -0.15) is 0 Å². The highest BCUT2D eigenvalue weighted by Crippen LogP contribution is 2.27. The second-order valence-corrected chi connectivity index (χ2v) is 2.83. The Morgan fingerprint density at radius 1 is 1.47 bits per heavy atom. The van der Waals surface area contributed by atoms with Crippen LogP contribution < -0.4 is 4.74 Å². The van der Waals surface area contributed by atoms with E-state index in [1.807, 2.05) is 0 Å². The highest BCUT2D eigenvalue weighted by Gasteiger charge is 2.32. The zero-order valence-electron chi connectivity index (χ0n) is 7.64. The Balaban J connectivity index is 0.00000196. The van der Waals surface area contributed by atoms with Gasteiger partial charge in [0.05, 0.1) is 11.6 Å². The minimum atomic E-state index is -4.68. The average molecular weight is 262 g/mol. The molecule has 0 saturated heterocycles. The van der Waals surface area contributed by atoms with Crippen LogP contribution in [0.25, 0.3) is 0 Å². The van der Waals surface area contributed by atoms with Crippen LogP contribution in [0.2, 0.25) is 0 Å². The van der Waals surface area contributed by atoms with E-state index >= 15 is 0 Å². The lowest BCUT2D eigenvalue weighted by Crippen LogP contribution is -2.18. The number of halogens is 5. The molecule has 86 valence electrons. The molecule has 7 heteroatoms. The Morgan fingerprint density at radius 3 is 2.53 bits per heavy atom. The first-order valence-corrected chi connectivity index (χ1v) is 4.23. The lowest BCUT2D eigenvalue weighted by molar-refractivity contribution is -0.274. The van der Waals surface area contributed by atoms with Gasteiger partial charge in [-0.15, -0.1) is 37.2 Å². The molecule has 2 nitrogen and oxygen atoms in total. The Hall–Kier alpha value is -0.680. The van der Waals surface area contributed by atoms with Crippen molar-refractivity contribution in [1.82, 2.24) is 4.98 Å². The summed E-state index contributed by atoms with van der Waals surface area (Å²) in [5.41, 5.74) is 0.688. The molecule has 0 bridgehead atoms. The van der Waals surface area contributed by atoms with Crippen molar-refractivity contribution >= 4 is 24.0 Å². The van der Waals surface area contributed by atoms with Crippen molar-refractivity contribution in [3.05, 3.63) is 23.5 Å². The molecule has 0 aliphatic rings. The smallest absolute Gasteiger partial charge is 0.405 e. The van der Waals surface area contributed by atoms with Gasteiger partial charge in [0.15, 0.2) is 0 Å². The van der Waals surface area contributed by atoms with Crippen LogP contribution in [0.4, 0.5) is 13.2 Å². The van der Waals surface area contributed by atoms with E-state index in [9.17, 15) is 13.2 Å². The predicted molar refractivity (Wildman–Crippen MR) is 52.5 cm³/mol. The first kappa shape index (κ1) is 14.3. The maximum atomic E-state index is 11.9. The Morgan fingerprint density at radius 2 is 2.07 bits per heavy atom. The minimum Gasteiger partial charge on any atom is -0.405 e. The molecule has 0 fully saturated rings. The van der Waals surface area contributed by atoms with Gasteiger partial charge in [-0.1, -0.05) is 0 Å². The summed E-state index contributed by atoms with van der Waals surface area (Å²) < 4.78 is 39.4. The molecule has 0 amide bonds. The van der Waals surface area contributed by atoms with E-state index in [1.54, 1.807) is 0 Å². The molecule has 0 atom stereocenters. The van der Waals surface area contributed by atoms with Crippen molar-refractivity contribution in [2.45, 2.75) is 19.2 Å². The number of nitrogens with zero attached hydrogens (tertiary/aromatic N) is 1. The fraction of sp³-hybridized carbons (Fsp3) is 0.375. The third-order valence-electron chi connectivity index (χ3n) is 1.61. The van der Waals surface area contributed by atoms with Gasteiger partial charge in [0, 0.05) is 11.8 Å². The van der Waals surface area contributed by atoms with Gasteiger partial charge in [-0.3, -0.25) is 4.98 Å². The van der Waals surface area contributed by atoms with Crippen LogP contribution in [-0.4, -0.2) is 11.3 Å². The summed E-state index contributed by atoms with van der Waals surface area (Å²) in [6.45, 7) is 1.48. The molecule has 0 aliphatic heterocycles. The van der Waals surface area contributed by atoms with E-state index in [2.05, 4.69) is 9.72 Å². The molecule has 1 aromatic heterocycles. The second-order valence-electron chi connectivity index (χ2n) is 2.56. The normalized spacial score (nSPS) is 10.7. The van der Waals surface area contributed by atoms with Crippen LogP contribution in [0.5, 0.6) is 5.75 Å². The third-order valence-corrected chi connectivity index (χ3v) is 1.86. The lowest BCUT2D eigenvalue weighted by atomic mass is 10.2. The minimum absolute atomic E-state index is 0. The molecule has 0 aromatic carbocycles. The summed E-state index contributed by atoms with van der Waals surface area (Å²) in [6, 6.07) is 1.15. The summed E-state index contributed by atoms with van der Waals surface area (Å²) in [5.74, 6) is -0.205. The molecule has 0 spiro atoms. The third kappa shape index (κ3) is 4.13. The number of hydrogen-bond donors (Lipinski definition) is 0. The van der Waals surface area contributed by atoms with Gasteiger partial charge in [-0.25, -0.2) is 0 Å². The van der Waals surface area contributed by atoms with E-state index < -0.39 is 6.36 Å². The second kappa shape index (κ2) is 5.42. The van der Waals surface area contributed by atoms with E-state index in [0.29, 0.717) is 11.3 Å². The SMILES string of the molecule is Cc1c(OC(F)(F)F)ccnc1CCl.Cl. The van der Waals surface area contributed by atoms with Gasteiger partial charge >= 0.3 is 6.36 Å². The summed E-state index contributed by atoms with van der Waals surface area (Å²) in [5, 5.41) is 0. The fourth-order valence-electron chi connectivity index (χ4n) is 0.929. The Kier molecular flexibility index (Phi) is 5.17. The maximum Gasteiger partial charge on any atom is 0.573 e. The maximum absolute atomic E-state index is 11.9. The van der Waals surface area contributed by atoms with Crippen molar-refractivity contribution in [2.24, 2.45) is 0 Å². The molecule has 0 saturated carbocycles. The van der Waals surface area contributed by atoms with Crippen molar-refractivity contribution in [2.75, 3.05) is 0 Å². The van der Waals surface area contributed by atoms with Gasteiger partial charge in [0.1, 0.15) is 5.75 Å². The molecule has 1 aromatic rings. The molecule has 0 aliphatic carbocycles. The molecular formula is C8H8Cl2F3NO. The average Bonchev–Trinajstić information content (AvgIpc) is 2.06. The molecule has 15 heavy (non-hydrogen) atoms. The Labute approximate surface area is 95.8 Å². The van der Waals surface area contributed by atoms with E-state index in [4.69, 9.17) is 11.6 Å². The van der Waals surface area contributed by atoms with Crippen LogP contribution in [0.1, 0.15) is 11.3 Å². The molecule has 1 rings (SSSR count). The molecule has 1 heterocycles. The van der Waals surface area contributed by atoms with E-state index in [1.165, 1.54) is 13.1 Å². The van der Waals surface area contributed by atoms with Crippen LogP contribution in [0.15, 0.2) is 12.3 Å². The van der Waals surface area contributed by atoms with Crippen LogP contribution in [0, 0.1) is 6.92 Å². The van der Waals surface area contributed by atoms with Crippen molar-refractivity contribution in [1.29, 1.82) is 0 Å². The van der Waals surface area contributed by atoms with E-state index in [-0.39, 0.29) is 24.0 Å². The lowest BCUT2D eigenvalue weighted by Gasteiger charge is -2.12. The standard InChI is InChI=1S/C8H7ClF3NO.ClH/c1-5-6(4-9)13-3-2-7(5)14-8(10,11)12;/h2-3H,4H2,1H3;1H. The monoisotopic (exact) mass is 261 g/mol. The van der Waals surface area contributed by atoms with Crippen LogP contribution in [-0.2, 0) is 5.88 Å². The van der Waals surface area contributed by atoms with Gasteiger partial charge in [0.25, 0.3) is 0 Å². The molecule has 0 unspecified atom stereocenters. The zero-order valence-corrected chi connectivity index (χ0v) is 9.21. The van der Waals surface area contributed by atoms with Gasteiger partial charge in [-0.05, 0) is 13.0 Å². The number of alkyl halides is 4. The molecule has 0 N–H and O–H groups in total. The number of rotatable bonds is 2. The molecular weight excluding hydrogens is 254 g/mol. The number of pyridine rings is 1. The quantitative estimate of drug-likeness (QED) is 0.761. The van der Waals surface area contributed by atoms with Crippen molar-refractivity contribution in [3.8, 4) is 5.75 Å². The summed E-state index contributed by atoms with van der Waals surface area (Å²) >= 11 is 5.48. The van der Waals surface area contributed by atoms with Crippen molar-refractivity contribution < 1.29 is 17.9 Å². The molecule has 0 radical (unpaired) electrons. The summed E-state index contributed by atoms with van der Waals surface area (Å²) in [6.07, 6.45) is -3.46. The van der Waals surface area contributed by atoms with Crippen LogP contribution >= 0.6 is 24.0 Å². The highest BCUT2D eigenvalue weighted by atomic mass is 35.5. The number of hydrogen-bond acceptors (Lipinski definition) is 2. The highest BCUT2D eigenvalue weighted by molar-refractivity contribution is 6.17. The predicted octanol–water partition coefficient (Wildman–Crippen LogP) is 3.45. The number of ether oxygens (including phenoxy) is 1. The van der Waals surface area contributed by atoms with Gasteiger partial charge < -0.3 is 4.74 Å². The van der Waals surface area contributed by atoms with Gasteiger partial charge in [0.2, 0.25) is 0 Å². The van der Waals surface area contributed by atoms with Crippen LogP contribution in [0.3, 0.4) is 0 Å². The first-order chi connectivity index (χ1) is 6.44. The van der Waals surface area contributed by atoms with Crippen molar-refractivity contribution in [3.63, 3.8) is 0 Å². The van der Waals surface area contributed by atoms with E-state index in [0.717, 1.165) is 6.07 Å². The fourth-order valence-corrected chi connectivity index (χ4v) is 1.20. The summed E-state index contributed by atoms with van der Waals surface area (Å²) in [4.78, 5) is 3.81. The first-order valence-electron chi connectivity index (χ1n) is 3.70. The zero-order chi connectivity index (χ0) is 10.8.